The molecule has 1 rings (SSSR count). The molecule has 0 aliphatic carbocycles. The van der Waals surface area contributed by atoms with Gasteiger partial charge in [0.2, 0.25) is 5.88 Å². The van der Waals surface area contributed by atoms with Gasteiger partial charge in [0.15, 0.2) is 0 Å². The Morgan fingerprint density at radius 2 is 2.36 bits per heavy atom. The fourth-order valence-electron chi connectivity index (χ4n) is 0.906. The highest BCUT2D eigenvalue weighted by Gasteiger charge is 1.97. The van der Waals surface area contributed by atoms with Gasteiger partial charge in [-0.2, -0.15) is 4.98 Å². The third kappa shape index (κ3) is 3.57. The highest BCUT2D eigenvalue weighted by molar-refractivity contribution is 5.32. The molecule has 2 N–H and O–H groups in total. The fourth-order valence-corrected chi connectivity index (χ4v) is 0.906. The second kappa shape index (κ2) is 6.15. The third-order valence-corrected chi connectivity index (χ3v) is 1.51. The zero-order chi connectivity index (χ0) is 10.2. The van der Waals surface area contributed by atoms with Gasteiger partial charge in [-0.05, 0) is 6.42 Å². The normalized spacial score (nSPS) is 9.86. The predicted octanol–water partition coefficient (Wildman–Crippen LogP) is 0.670. The van der Waals surface area contributed by atoms with Gasteiger partial charge in [-0.3, -0.25) is 4.98 Å². The van der Waals surface area contributed by atoms with E-state index in [-0.39, 0.29) is 13.2 Å². The SMILES string of the molecule is CCCNc1cncc(OCCO)n1. The number of rotatable bonds is 6. The van der Waals surface area contributed by atoms with Crippen molar-refractivity contribution in [2.75, 3.05) is 25.1 Å². The summed E-state index contributed by atoms with van der Waals surface area (Å²) in [6.45, 7) is 3.16. The predicted molar refractivity (Wildman–Crippen MR) is 53.4 cm³/mol. The van der Waals surface area contributed by atoms with Crippen molar-refractivity contribution in [1.82, 2.24) is 9.97 Å². The molecule has 0 atom stereocenters. The van der Waals surface area contributed by atoms with Gasteiger partial charge >= 0.3 is 0 Å². The van der Waals surface area contributed by atoms with E-state index in [9.17, 15) is 0 Å². The van der Waals surface area contributed by atoms with E-state index >= 15 is 0 Å². The van der Waals surface area contributed by atoms with Crippen LogP contribution in [0.3, 0.4) is 0 Å². The lowest BCUT2D eigenvalue weighted by atomic mass is 10.5. The topological polar surface area (TPSA) is 67.3 Å². The summed E-state index contributed by atoms with van der Waals surface area (Å²) in [5.74, 6) is 1.13. The quantitative estimate of drug-likeness (QED) is 0.701. The van der Waals surface area contributed by atoms with Gasteiger partial charge in [0, 0.05) is 6.54 Å². The minimum atomic E-state index is -0.0195. The van der Waals surface area contributed by atoms with Crippen molar-refractivity contribution >= 4 is 5.82 Å². The van der Waals surface area contributed by atoms with Gasteiger partial charge < -0.3 is 15.2 Å². The van der Waals surface area contributed by atoms with Crippen LogP contribution in [0, 0.1) is 0 Å². The van der Waals surface area contributed by atoms with Gasteiger partial charge in [0.1, 0.15) is 12.4 Å². The largest absolute Gasteiger partial charge is 0.474 e. The highest BCUT2D eigenvalue weighted by atomic mass is 16.5. The van der Waals surface area contributed by atoms with Crippen molar-refractivity contribution in [2.24, 2.45) is 0 Å². The molecule has 0 amide bonds. The number of aromatic nitrogens is 2. The summed E-state index contributed by atoms with van der Waals surface area (Å²) in [7, 11) is 0. The Labute approximate surface area is 83.2 Å². The number of nitrogens with one attached hydrogen (secondary N) is 1. The summed E-state index contributed by atoms with van der Waals surface area (Å²) in [4.78, 5) is 8.10. The molecule has 5 nitrogen and oxygen atoms in total. The Bertz CT molecular complexity index is 245. The molecule has 1 heterocycles. The van der Waals surface area contributed by atoms with Crippen LogP contribution in [0.1, 0.15) is 13.3 Å². The number of hydrogen-bond donors (Lipinski definition) is 2. The van der Waals surface area contributed by atoms with Crippen LogP contribution in [-0.4, -0.2) is 34.8 Å². The van der Waals surface area contributed by atoms with E-state index in [0.717, 1.165) is 13.0 Å². The van der Waals surface area contributed by atoms with Crippen LogP contribution in [0.2, 0.25) is 0 Å². The molecule has 0 bridgehead atoms. The number of anilines is 1. The van der Waals surface area contributed by atoms with E-state index in [1.54, 1.807) is 6.20 Å². The molecule has 14 heavy (non-hydrogen) atoms. The number of nitrogens with zero attached hydrogens (tertiary/aromatic N) is 2. The summed E-state index contributed by atoms with van der Waals surface area (Å²) in [5.41, 5.74) is 0. The van der Waals surface area contributed by atoms with E-state index in [1.807, 2.05) is 0 Å². The van der Waals surface area contributed by atoms with Crippen LogP contribution in [0.5, 0.6) is 5.88 Å². The number of hydrogen-bond acceptors (Lipinski definition) is 5. The summed E-state index contributed by atoms with van der Waals surface area (Å²) >= 11 is 0. The van der Waals surface area contributed by atoms with Crippen molar-refractivity contribution in [3.8, 4) is 5.88 Å². The first kappa shape index (κ1) is 10.7. The van der Waals surface area contributed by atoms with Gasteiger partial charge in [0.05, 0.1) is 19.0 Å². The Balaban J connectivity index is 2.50. The van der Waals surface area contributed by atoms with Crippen LogP contribution >= 0.6 is 0 Å². The summed E-state index contributed by atoms with van der Waals surface area (Å²) in [5, 5.41) is 11.6. The molecule has 0 spiro atoms. The fraction of sp³-hybridized carbons (Fsp3) is 0.556. The van der Waals surface area contributed by atoms with Crippen LogP contribution in [-0.2, 0) is 0 Å². The summed E-state index contributed by atoms with van der Waals surface area (Å²) in [6, 6.07) is 0. The molecule has 1 aromatic rings. The van der Waals surface area contributed by atoms with Crippen molar-refractivity contribution in [1.29, 1.82) is 0 Å². The standard InChI is InChI=1S/C9H15N3O2/c1-2-3-11-8-6-10-7-9(12-8)14-5-4-13/h6-7,13H,2-5H2,1H3,(H,11,12). The molecule has 0 aliphatic rings. The second-order valence-corrected chi connectivity index (χ2v) is 2.74. The molecule has 0 aliphatic heterocycles. The average Bonchev–Trinajstić information content (AvgIpc) is 2.24. The molecule has 0 fully saturated rings. The molecule has 0 unspecified atom stereocenters. The molecule has 0 aromatic carbocycles. The smallest absolute Gasteiger partial charge is 0.234 e. The van der Waals surface area contributed by atoms with E-state index < -0.39 is 0 Å². The summed E-state index contributed by atoms with van der Waals surface area (Å²) < 4.78 is 5.11. The van der Waals surface area contributed by atoms with Crippen molar-refractivity contribution < 1.29 is 9.84 Å². The number of aliphatic hydroxyl groups excluding tert-OH is 1. The lowest BCUT2D eigenvalue weighted by Crippen LogP contribution is -2.06. The highest BCUT2D eigenvalue weighted by Crippen LogP contribution is 2.08. The summed E-state index contributed by atoms with van der Waals surface area (Å²) in [6.07, 6.45) is 4.19. The molecule has 0 saturated heterocycles. The maximum Gasteiger partial charge on any atom is 0.234 e. The Morgan fingerprint density at radius 3 is 3.07 bits per heavy atom. The maximum atomic E-state index is 8.55. The molecule has 78 valence electrons. The molecule has 5 heteroatoms. The minimum Gasteiger partial charge on any atom is -0.474 e. The Morgan fingerprint density at radius 1 is 1.50 bits per heavy atom. The second-order valence-electron chi connectivity index (χ2n) is 2.74. The maximum absolute atomic E-state index is 8.55. The van der Waals surface area contributed by atoms with Crippen molar-refractivity contribution in [2.45, 2.75) is 13.3 Å². The van der Waals surface area contributed by atoms with E-state index in [4.69, 9.17) is 9.84 Å². The molecular weight excluding hydrogens is 182 g/mol. The van der Waals surface area contributed by atoms with Crippen LogP contribution in [0.4, 0.5) is 5.82 Å². The molecule has 0 saturated carbocycles. The molecular formula is C9H15N3O2. The van der Waals surface area contributed by atoms with E-state index in [2.05, 4.69) is 22.2 Å². The van der Waals surface area contributed by atoms with Gasteiger partial charge in [0.25, 0.3) is 0 Å². The number of ether oxygens (including phenoxy) is 1. The zero-order valence-corrected chi connectivity index (χ0v) is 8.23. The van der Waals surface area contributed by atoms with Crippen LogP contribution in [0.15, 0.2) is 12.4 Å². The van der Waals surface area contributed by atoms with Crippen LogP contribution in [0.25, 0.3) is 0 Å². The molecule has 0 radical (unpaired) electrons. The first-order valence-corrected chi connectivity index (χ1v) is 4.66. The van der Waals surface area contributed by atoms with Gasteiger partial charge in [-0.25, -0.2) is 0 Å². The third-order valence-electron chi connectivity index (χ3n) is 1.51. The lowest BCUT2D eigenvalue weighted by Gasteiger charge is -2.05. The molecule has 1 aromatic heterocycles. The monoisotopic (exact) mass is 197 g/mol. The Hall–Kier alpha value is -1.36. The average molecular weight is 197 g/mol. The lowest BCUT2D eigenvalue weighted by molar-refractivity contribution is 0.196. The van der Waals surface area contributed by atoms with Gasteiger partial charge in [-0.1, -0.05) is 6.92 Å². The van der Waals surface area contributed by atoms with Crippen LogP contribution < -0.4 is 10.1 Å². The van der Waals surface area contributed by atoms with Crippen molar-refractivity contribution in [3.05, 3.63) is 12.4 Å². The minimum absolute atomic E-state index is 0.0195. The van der Waals surface area contributed by atoms with Crippen molar-refractivity contribution in [3.63, 3.8) is 0 Å². The first-order valence-electron chi connectivity index (χ1n) is 4.66. The van der Waals surface area contributed by atoms with Gasteiger partial charge in [-0.15, -0.1) is 0 Å². The zero-order valence-electron chi connectivity index (χ0n) is 8.23. The van der Waals surface area contributed by atoms with E-state index in [1.165, 1.54) is 6.20 Å². The van der Waals surface area contributed by atoms with E-state index in [0.29, 0.717) is 11.7 Å². The first-order chi connectivity index (χ1) is 6.86. The number of aliphatic hydroxyl groups is 1. The Kier molecular flexibility index (Phi) is 4.71.